The fraction of sp³-hybridized carbons (Fsp3) is 0.778. The molecule has 1 aliphatic heterocycles. The molecule has 0 aromatic heterocycles. The highest BCUT2D eigenvalue weighted by molar-refractivity contribution is 5.84. The number of amides is 2. The van der Waals surface area contributed by atoms with Crippen LogP contribution in [0, 0.1) is 0 Å². The van der Waals surface area contributed by atoms with E-state index in [9.17, 15) is 9.59 Å². The van der Waals surface area contributed by atoms with E-state index in [1.54, 1.807) is 9.80 Å². The van der Waals surface area contributed by atoms with Crippen LogP contribution in [0.5, 0.6) is 0 Å². The summed E-state index contributed by atoms with van der Waals surface area (Å²) in [5, 5.41) is 0. The number of carbonyl (C=O) groups excluding carboxylic acids is 2. The molecule has 1 rings (SSSR count). The summed E-state index contributed by atoms with van der Waals surface area (Å²) in [5.74, 6) is 0.0475. The smallest absolute Gasteiger partial charge is 0.320 e. The van der Waals surface area contributed by atoms with Crippen molar-refractivity contribution in [3.8, 4) is 0 Å². The number of hydrogen-bond donors (Lipinski definition) is 0. The molecule has 1 aliphatic rings. The average molecular weight is 184 g/mol. The van der Waals surface area contributed by atoms with Gasteiger partial charge in [-0.15, -0.1) is 0 Å². The van der Waals surface area contributed by atoms with Crippen LogP contribution in [-0.4, -0.2) is 47.8 Å². The molecule has 1 heterocycles. The highest BCUT2D eigenvalue weighted by Crippen LogP contribution is 2.07. The van der Waals surface area contributed by atoms with Gasteiger partial charge in [-0.3, -0.25) is 4.79 Å². The maximum Gasteiger partial charge on any atom is 0.320 e. The van der Waals surface area contributed by atoms with Gasteiger partial charge in [0.1, 0.15) is 5.78 Å². The van der Waals surface area contributed by atoms with E-state index in [-0.39, 0.29) is 18.4 Å². The first kappa shape index (κ1) is 10.0. The van der Waals surface area contributed by atoms with Crippen molar-refractivity contribution in [2.45, 2.75) is 20.3 Å². The van der Waals surface area contributed by atoms with E-state index < -0.39 is 0 Å². The van der Waals surface area contributed by atoms with Gasteiger partial charge in [0.05, 0.1) is 6.54 Å². The van der Waals surface area contributed by atoms with Crippen molar-refractivity contribution in [2.24, 2.45) is 0 Å². The molecule has 0 saturated carbocycles. The quantitative estimate of drug-likeness (QED) is 0.648. The number of carbonyl (C=O) groups is 2. The van der Waals surface area contributed by atoms with Gasteiger partial charge in [0.25, 0.3) is 0 Å². The monoisotopic (exact) mass is 184 g/mol. The van der Waals surface area contributed by atoms with Crippen molar-refractivity contribution in [3.63, 3.8) is 0 Å². The number of urea groups is 1. The van der Waals surface area contributed by atoms with Crippen molar-refractivity contribution >= 4 is 11.8 Å². The zero-order valence-corrected chi connectivity index (χ0v) is 8.25. The van der Waals surface area contributed by atoms with E-state index in [1.165, 1.54) is 6.92 Å². The Labute approximate surface area is 78.5 Å². The van der Waals surface area contributed by atoms with Gasteiger partial charge in [0, 0.05) is 19.6 Å². The molecule has 13 heavy (non-hydrogen) atoms. The standard InChI is InChI=1S/C9H16N2O2/c1-3-10-5-4-6-11(9(10)13)7-8(2)12/h3-7H2,1-2H3. The Balaban J connectivity index is 2.54. The molecule has 2 amide bonds. The first-order valence-electron chi connectivity index (χ1n) is 4.68. The number of nitrogens with zero attached hydrogens (tertiary/aromatic N) is 2. The van der Waals surface area contributed by atoms with Crippen molar-refractivity contribution in [1.29, 1.82) is 0 Å². The molecule has 74 valence electrons. The van der Waals surface area contributed by atoms with Gasteiger partial charge < -0.3 is 9.80 Å². The molecule has 0 bridgehead atoms. The Morgan fingerprint density at radius 2 is 2.00 bits per heavy atom. The molecule has 0 aromatic carbocycles. The number of ketones is 1. The lowest BCUT2D eigenvalue weighted by molar-refractivity contribution is -0.117. The Morgan fingerprint density at radius 1 is 1.38 bits per heavy atom. The van der Waals surface area contributed by atoms with Crippen molar-refractivity contribution < 1.29 is 9.59 Å². The molecule has 0 N–H and O–H groups in total. The predicted octanol–water partition coefficient (Wildman–Crippen LogP) is 0.723. The molecule has 1 fully saturated rings. The van der Waals surface area contributed by atoms with Gasteiger partial charge in [-0.25, -0.2) is 4.79 Å². The maximum absolute atomic E-state index is 11.6. The number of Topliss-reactive ketones (excluding diaryl/α,β-unsaturated/α-hetero) is 1. The first-order chi connectivity index (χ1) is 6.15. The summed E-state index contributed by atoms with van der Waals surface area (Å²) in [5.41, 5.74) is 0. The van der Waals surface area contributed by atoms with Crippen LogP contribution in [-0.2, 0) is 4.79 Å². The maximum atomic E-state index is 11.6. The number of rotatable bonds is 3. The summed E-state index contributed by atoms with van der Waals surface area (Å²) in [4.78, 5) is 25.8. The van der Waals surface area contributed by atoms with E-state index in [1.807, 2.05) is 6.92 Å². The van der Waals surface area contributed by atoms with Gasteiger partial charge in [0.15, 0.2) is 0 Å². The van der Waals surface area contributed by atoms with Gasteiger partial charge in [0.2, 0.25) is 0 Å². The van der Waals surface area contributed by atoms with Crippen LogP contribution in [0.1, 0.15) is 20.3 Å². The lowest BCUT2D eigenvalue weighted by Crippen LogP contribution is -2.50. The minimum atomic E-state index is 0.00366. The summed E-state index contributed by atoms with van der Waals surface area (Å²) in [7, 11) is 0. The molecule has 0 unspecified atom stereocenters. The summed E-state index contributed by atoms with van der Waals surface area (Å²) < 4.78 is 0. The molecular weight excluding hydrogens is 168 g/mol. The van der Waals surface area contributed by atoms with Gasteiger partial charge in [-0.05, 0) is 20.3 Å². The van der Waals surface area contributed by atoms with Crippen molar-refractivity contribution in [1.82, 2.24) is 9.80 Å². The molecule has 0 aliphatic carbocycles. The van der Waals surface area contributed by atoms with Gasteiger partial charge >= 0.3 is 6.03 Å². The lowest BCUT2D eigenvalue weighted by atomic mass is 10.2. The van der Waals surface area contributed by atoms with Gasteiger partial charge in [-0.1, -0.05) is 0 Å². The minimum absolute atomic E-state index is 0.00366. The molecule has 0 spiro atoms. The third-order valence-electron chi connectivity index (χ3n) is 2.19. The SMILES string of the molecule is CCN1CCCN(CC(C)=O)C1=O. The van der Waals surface area contributed by atoms with E-state index in [4.69, 9.17) is 0 Å². The van der Waals surface area contributed by atoms with Crippen LogP contribution in [0.15, 0.2) is 0 Å². The molecule has 4 nitrogen and oxygen atoms in total. The lowest BCUT2D eigenvalue weighted by Gasteiger charge is -2.34. The van der Waals surface area contributed by atoms with E-state index >= 15 is 0 Å². The second kappa shape index (κ2) is 4.25. The van der Waals surface area contributed by atoms with Crippen LogP contribution < -0.4 is 0 Å². The van der Waals surface area contributed by atoms with E-state index in [0.29, 0.717) is 0 Å². The van der Waals surface area contributed by atoms with E-state index in [0.717, 1.165) is 26.1 Å². The van der Waals surface area contributed by atoms with Crippen molar-refractivity contribution in [3.05, 3.63) is 0 Å². The minimum Gasteiger partial charge on any atom is -0.325 e. The third kappa shape index (κ3) is 2.44. The van der Waals surface area contributed by atoms with Crippen LogP contribution in [0.2, 0.25) is 0 Å². The van der Waals surface area contributed by atoms with E-state index in [2.05, 4.69) is 0 Å². The summed E-state index contributed by atoms with van der Waals surface area (Å²) in [6.07, 6.45) is 0.965. The largest absolute Gasteiger partial charge is 0.325 e. The Morgan fingerprint density at radius 3 is 2.54 bits per heavy atom. The molecule has 0 aromatic rings. The van der Waals surface area contributed by atoms with Crippen LogP contribution >= 0.6 is 0 Å². The zero-order chi connectivity index (χ0) is 9.84. The summed E-state index contributed by atoms with van der Waals surface area (Å²) in [6, 6.07) is 0.00366. The number of hydrogen-bond acceptors (Lipinski definition) is 2. The molecule has 4 heteroatoms. The molecule has 1 saturated heterocycles. The molecular formula is C9H16N2O2. The molecule has 0 radical (unpaired) electrons. The molecule has 0 atom stereocenters. The topological polar surface area (TPSA) is 40.6 Å². The van der Waals surface area contributed by atoms with Gasteiger partial charge in [-0.2, -0.15) is 0 Å². The van der Waals surface area contributed by atoms with Crippen molar-refractivity contribution in [2.75, 3.05) is 26.2 Å². The van der Waals surface area contributed by atoms with Crippen LogP contribution in [0.25, 0.3) is 0 Å². The fourth-order valence-corrected chi connectivity index (χ4v) is 1.55. The Bertz CT molecular complexity index is 216. The zero-order valence-electron chi connectivity index (χ0n) is 8.25. The van der Waals surface area contributed by atoms with Crippen LogP contribution in [0.3, 0.4) is 0 Å². The second-order valence-corrected chi connectivity index (χ2v) is 3.34. The predicted molar refractivity (Wildman–Crippen MR) is 49.5 cm³/mol. The highest BCUT2D eigenvalue weighted by atomic mass is 16.2. The summed E-state index contributed by atoms with van der Waals surface area (Å²) in [6.45, 7) is 5.99. The fourth-order valence-electron chi connectivity index (χ4n) is 1.55. The normalized spacial score (nSPS) is 17.8. The Kier molecular flexibility index (Phi) is 3.28. The van der Waals surface area contributed by atoms with Crippen LogP contribution in [0.4, 0.5) is 4.79 Å². The average Bonchev–Trinajstić information content (AvgIpc) is 2.08. The summed E-state index contributed by atoms with van der Waals surface area (Å²) >= 11 is 0. The first-order valence-corrected chi connectivity index (χ1v) is 4.68. The second-order valence-electron chi connectivity index (χ2n) is 3.34. The third-order valence-corrected chi connectivity index (χ3v) is 2.19. The Hall–Kier alpha value is -1.06. The highest BCUT2D eigenvalue weighted by Gasteiger charge is 2.24.